The molecule has 6 heteroatoms. The van der Waals surface area contributed by atoms with Gasteiger partial charge in [-0.15, -0.1) is 0 Å². The topological polar surface area (TPSA) is 72.0 Å². The third-order valence-corrected chi connectivity index (χ3v) is 4.14. The van der Waals surface area contributed by atoms with Crippen LogP contribution in [0.1, 0.15) is 5.56 Å². The van der Waals surface area contributed by atoms with Crippen molar-refractivity contribution < 1.29 is 8.42 Å². The Hall–Kier alpha value is -2.47. The van der Waals surface area contributed by atoms with Crippen molar-refractivity contribution in [3.63, 3.8) is 0 Å². The summed E-state index contributed by atoms with van der Waals surface area (Å²) in [7, 11) is -3.51. The molecule has 1 N–H and O–H groups in total. The summed E-state index contributed by atoms with van der Waals surface area (Å²) in [4.78, 5) is 8.43. The Balaban J connectivity index is 1.83. The van der Waals surface area contributed by atoms with Gasteiger partial charge in [-0.25, -0.2) is 13.4 Å². The number of benzene rings is 2. The van der Waals surface area contributed by atoms with E-state index in [0.717, 1.165) is 11.1 Å². The molecule has 21 heavy (non-hydrogen) atoms. The zero-order valence-electron chi connectivity index (χ0n) is 11.1. The Morgan fingerprint density at radius 1 is 0.905 bits per heavy atom. The molecule has 0 aliphatic rings. The van der Waals surface area contributed by atoms with Crippen molar-refractivity contribution in [2.45, 2.75) is 5.75 Å². The zero-order chi connectivity index (χ0) is 14.7. The van der Waals surface area contributed by atoms with Crippen molar-refractivity contribution in [2.75, 3.05) is 4.72 Å². The van der Waals surface area contributed by atoms with Gasteiger partial charge in [-0.1, -0.05) is 42.5 Å². The van der Waals surface area contributed by atoms with Gasteiger partial charge < -0.3 is 0 Å². The molecule has 0 atom stereocenters. The van der Waals surface area contributed by atoms with E-state index in [-0.39, 0.29) is 11.6 Å². The summed E-state index contributed by atoms with van der Waals surface area (Å²) in [6.07, 6.45) is 1.42. The van der Waals surface area contributed by atoms with Crippen LogP contribution in [0, 0.1) is 0 Å². The van der Waals surface area contributed by atoms with Gasteiger partial charge in [0.15, 0.2) is 5.82 Å². The van der Waals surface area contributed by atoms with Crippen molar-refractivity contribution in [3.8, 4) is 0 Å². The van der Waals surface area contributed by atoms with Crippen LogP contribution in [0.5, 0.6) is 0 Å². The summed E-state index contributed by atoms with van der Waals surface area (Å²) in [6.45, 7) is 0. The number of aromatic nitrogens is 2. The number of hydrogen-bond acceptors (Lipinski definition) is 4. The molecule has 3 rings (SSSR count). The largest absolute Gasteiger partial charge is 0.266 e. The SMILES string of the molecule is O=S(=O)(Cc1ccccc1)Nc1cnc2ccccc2n1. The lowest BCUT2D eigenvalue weighted by Gasteiger charge is -2.07. The maximum absolute atomic E-state index is 12.1. The summed E-state index contributed by atoms with van der Waals surface area (Å²) in [6, 6.07) is 16.3. The molecule has 0 aliphatic heterocycles. The maximum Gasteiger partial charge on any atom is 0.238 e. The average molecular weight is 299 g/mol. The predicted octanol–water partition coefficient (Wildman–Crippen LogP) is 2.57. The van der Waals surface area contributed by atoms with Crippen molar-refractivity contribution >= 4 is 26.9 Å². The molecule has 1 aromatic heterocycles. The second-order valence-corrected chi connectivity index (χ2v) is 6.31. The first-order chi connectivity index (χ1) is 10.1. The summed E-state index contributed by atoms with van der Waals surface area (Å²) >= 11 is 0. The number of fused-ring (bicyclic) bond motifs is 1. The van der Waals surface area contributed by atoms with Gasteiger partial charge in [0.25, 0.3) is 0 Å². The Bertz CT molecular complexity index is 864. The quantitative estimate of drug-likeness (QED) is 0.803. The predicted molar refractivity (Wildman–Crippen MR) is 82.2 cm³/mol. The molecule has 106 valence electrons. The first-order valence-corrected chi connectivity index (χ1v) is 8.04. The van der Waals surface area contributed by atoms with E-state index < -0.39 is 10.0 Å². The highest BCUT2D eigenvalue weighted by atomic mass is 32.2. The van der Waals surface area contributed by atoms with E-state index in [4.69, 9.17) is 0 Å². The normalized spacial score (nSPS) is 11.4. The zero-order valence-corrected chi connectivity index (χ0v) is 11.9. The fraction of sp³-hybridized carbons (Fsp3) is 0.0667. The number of hydrogen-bond donors (Lipinski definition) is 1. The van der Waals surface area contributed by atoms with E-state index in [2.05, 4.69) is 14.7 Å². The van der Waals surface area contributed by atoms with Crippen LogP contribution in [0.4, 0.5) is 5.82 Å². The van der Waals surface area contributed by atoms with Crippen molar-refractivity contribution in [2.24, 2.45) is 0 Å². The Morgan fingerprint density at radius 3 is 2.33 bits per heavy atom. The Kier molecular flexibility index (Phi) is 3.53. The highest BCUT2D eigenvalue weighted by molar-refractivity contribution is 7.91. The molecule has 0 spiro atoms. The van der Waals surface area contributed by atoms with Crippen LogP contribution in [0.2, 0.25) is 0 Å². The molecule has 0 bridgehead atoms. The summed E-state index contributed by atoms with van der Waals surface area (Å²) in [5, 5.41) is 0. The first kappa shape index (κ1) is 13.5. The molecule has 0 saturated heterocycles. The number of nitrogens with zero attached hydrogens (tertiary/aromatic N) is 2. The first-order valence-electron chi connectivity index (χ1n) is 6.39. The van der Waals surface area contributed by atoms with Crippen LogP contribution in [0.25, 0.3) is 11.0 Å². The van der Waals surface area contributed by atoms with Crippen LogP contribution in [0.3, 0.4) is 0 Å². The van der Waals surface area contributed by atoms with Crippen LogP contribution >= 0.6 is 0 Å². The van der Waals surface area contributed by atoms with Gasteiger partial charge in [-0.3, -0.25) is 9.71 Å². The van der Waals surface area contributed by atoms with E-state index in [1.54, 1.807) is 30.3 Å². The maximum atomic E-state index is 12.1. The van der Waals surface area contributed by atoms with Crippen molar-refractivity contribution in [1.29, 1.82) is 0 Å². The Morgan fingerprint density at radius 2 is 1.57 bits per heavy atom. The molecule has 0 amide bonds. The minimum atomic E-state index is -3.51. The molecule has 3 aromatic rings. The molecular formula is C15H13N3O2S. The number of rotatable bonds is 4. The molecule has 0 aliphatic carbocycles. The second kappa shape index (κ2) is 5.49. The third-order valence-electron chi connectivity index (χ3n) is 2.91. The van der Waals surface area contributed by atoms with E-state index in [1.165, 1.54) is 6.20 Å². The smallest absolute Gasteiger partial charge is 0.238 e. The van der Waals surface area contributed by atoms with Crippen LogP contribution < -0.4 is 4.72 Å². The van der Waals surface area contributed by atoms with E-state index in [9.17, 15) is 8.42 Å². The number of para-hydroxylation sites is 2. The van der Waals surface area contributed by atoms with E-state index >= 15 is 0 Å². The molecule has 1 heterocycles. The molecule has 0 saturated carbocycles. The van der Waals surface area contributed by atoms with Gasteiger partial charge in [0, 0.05) is 0 Å². The number of nitrogens with one attached hydrogen (secondary N) is 1. The lowest BCUT2D eigenvalue weighted by atomic mass is 10.2. The molecule has 0 fully saturated rings. The van der Waals surface area contributed by atoms with Crippen molar-refractivity contribution in [3.05, 3.63) is 66.4 Å². The molecule has 2 aromatic carbocycles. The van der Waals surface area contributed by atoms with E-state index in [0.29, 0.717) is 5.52 Å². The van der Waals surface area contributed by atoms with Crippen LogP contribution in [0.15, 0.2) is 60.8 Å². The van der Waals surface area contributed by atoms with Crippen molar-refractivity contribution in [1.82, 2.24) is 9.97 Å². The fourth-order valence-electron chi connectivity index (χ4n) is 2.00. The van der Waals surface area contributed by atoms with E-state index in [1.807, 2.05) is 24.3 Å². The fourth-order valence-corrected chi connectivity index (χ4v) is 3.12. The summed E-state index contributed by atoms with van der Waals surface area (Å²) in [5.74, 6) is 0.132. The molecular weight excluding hydrogens is 286 g/mol. The number of anilines is 1. The summed E-state index contributed by atoms with van der Waals surface area (Å²) in [5.41, 5.74) is 2.10. The minimum absolute atomic E-state index is 0.0949. The van der Waals surface area contributed by atoms with Gasteiger partial charge in [0.1, 0.15) is 0 Å². The minimum Gasteiger partial charge on any atom is -0.266 e. The monoisotopic (exact) mass is 299 g/mol. The molecule has 0 unspecified atom stereocenters. The van der Waals surface area contributed by atoms with Gasteiger partial charge in [-0.05, 0) is 17.7 Å². The van der Waals surface area contributed by atoms with Gasteiger partial charge in [0.05, 0.1) is 23.0 Å². The Labute approximate surface area is 122 Å². The molecule has 0 radical (unpaired) electrons. The summed E-state index contributed by atoms with van der Waals surface area (Å²) < 4.78 is 26.7. The lowest BCUT2D eigenvalue weighted by Crippen LogP contribution is -2.16. The highest BCUT2D eigenvalue weighted by Crippen LogP contribution is 2.14. The van der Waals surface area contributed by atoms with Crippen LogP contribution in [-0.4, -0.2) is 18.4 Å². The van der Waals surface area contributed by atoms with Gasteiger partial charge >= 0.3 is 0 Å². The third kappa shape index (κ3) is 3.35. The van der Waals surface area contributed by atoms with Gasteiger partial charge in [-0.2, -0.15) is 0 Å². The molecule has 5 nitrogen and oxygen atoms in total. The number of sulfonamides is 1. The van der Waals surface area contributed by atoms with Crippen LogP contribution in [-0.2, 0) is 15.8 Å². The average Bonchev–Trinajstić information content (AvgIpc) is 2.47. The second-order valence-electron chi connectivity index (χ2n) is 4.59. The highest BCUT2D eigenvalue weighted by Gasteiger charge is 2.12. The standard InChI is InChI=1S/C15H13N3O2S/c19-21(20,11-12-6-2-1-3-7-12)18-15-10-16-13-8-4-5-9-14(13)17-15/h1-10H,11H2,(H,17,18). The van der Waals surface area contributed by atoms with Gasteiger partial charge in [0.2, 0.25) is 10.0 Å². The lowest BCUT2D eigenvalue weighted by molar-refractivity contribution is 0.600.